The van der Waals surface area contributed by atoms with Crippen LogP contribution in [0.5, 0.6) is 23.0 Å². The first-order chi connectivity index (χ1) is 12.5. The van der Waals surface area contributed by atoms with Crippen LogP contribution in [0.15, 0.2) is 36.4 Å². The number of amides is 1. The molecule has 0 aromatic heterocycles. The third-order valence-corrected chi connectivity index (χ3v) is 4.10. The summed E-state index contributed by atoms with van der Waals surface area (Å²) in [5.41, 5.74) is 1.78. The molecule has 140 valence electrons. The van der Waals surface area contributed by atoms with Gasteiger partial charge in [0.05, 0.1) is 40.9 Å². The molecule has 0 aliphatic heterocycles. The Balaban J connectivity index is 2.05. The number of hydrogen-bond donors (Lipinski definition) is 1. The summed E-state index contributed by atoms with van der Waals surface area (Å²) in [5, 5.41) is 2.99. The van der Waals surface area contributed by atoms with E-state index in [0.29, 0.717) is 23.0 Å². The van der Waals surface area contributed by atoms with Crippen molar-refractivity contribution in [2.45, 2.75) is 19.4 Å². The van der Waals surface area contributed by atoms with E-state index in [-0.39, 0.29) is 18.4 Å². The minimum Gasteiger partial charge on any atom is -0.493 e. The number of rotatable bonds is 8. The zero-order chi connectivity index (χ0) is 19.1. The van der Waals surface area contributed by atoms with Crippen LogP contribution in [0.4, 0.5) is 0 Å². The molecule has 0 radical (unpaired) electrons. The van der Waals surface area contributed by atoms with Gasteiger partial charge < -0.3 is 24.3 Å². The van der Waals surface area contributed by atoms with Crippen molar-refractivity contribution in [2.24, 2.45) is 0 Å². The molecule has 2 aromatic rings. The highest BCUT2D eigenvalue weighted by molar-refractivity contribution is 5.79. The van der Waals surface area contributed by atoms with E-state index in [9.17, 15) is 4.79 Å². The maximum atomic E-state index is 12.4. The van der Waals surface area contributed by atoms with Gasteiger partial charge in [-0.25, -0.2) is 0 Å². The van der Waals surface area contributed by atoms with Gasteiger partial charge in [0, 0.05) is 0 Å². The number of carbonyl (C=O) groups is 1. The van der Waals surface area contributed by atoms with Crippen LogP contribution in [0.3, 0.4) is 0 Å². The van der Waals surface area contributed by atoms with Gasteiger partial charge in [-0.05, 0) is 42.3 Å². The van der Waals surface area contributed by atoms with Crippen LogP contribution in [0.25, 0.3) is 0 Å². The molecule has 6 heteroatoms. The molecular formula is C20H25NO5. The molecule has 0 saturated carbocycles. The molecular weight excluding hydrogens is 334 g/mol. The summed E-state index contributed by atoms with van der Waals surface area (Å²) in [5.74, 6) is 2.44. The Hall–Kier alpha value is -2.89. The minimum atomic E-state index is -0.164. The molecule has 0 saturated heterocycles. The lowest BCUT2D eigenvalue weighted by molar-refractivity contribution is -0.121. The first kappa shape index (κ1) is 19.4. The molecule has 1 amide bonds. The number of methoxy groups -OCH3 is 4. The van der Waals surface area contributed by atoms with Gasteiger partial charge in [-0.15, -0.1) is 0 Å². The summed E-state index contributed by atoms with van der Waals surface area (Å²) in [7, 11) is 6.32. The van der Waals surface area contributed by atoms with Crippen molar-refractivity contribution in [2.75, 3.05) is 28.4 Å². The second-order valence-electron chi connectivity index (χ2n) is 5.77. The average Bonchev–Trinajstić information content (AvgIpc) is 2.66. The number of hydrogen-bond acceptors (Lipinski definition) is 5. The Kier molecular flexibility index (Phi) is 6.72. The van der Waals surface area contributed by atoms with Crippen molar-refractivity contribution in [1.82, 2.24) is 5.32 Å². The lowest BCUT2D eigenvalue weighted by atomic mass is 10.1. The highest BCUT2D eigenvalue weighted by Crippen LogP contribution is 2.30. The van der Waals surface area contributed by atoms with Crippen LogP contribution in [0.1, 0.15) is 24.1 Å². The van der Waals surface area contributed by atoms with E-state index in [4.69, 9.17) is 18.9 Å². The summed E-state index contributed by atoms with van der Waals surface area (Å²) in [4.78, 5) is 12.4. The molecule has 0 fully saturated rings. The summed E-state index contributed by atoms with van der Waals surface area (Å²) in [6.45, 7) is 1.92. The third-order valence-electron chi connectivity index (χ3n) is 4.10. The number of benzene rings is 2. The highest BCUT2D eigenvalue weighted by Gasteiger charge is 2.14. The van der Waals surface area contributed by atoms with Crippen molar-refractivity contribution in [1.29, 1.82) is 0 Å². The van der Waals surface area contributed by atoms with Crippen molar-refractivity contribution in [3.63, 3.8) is 0 Å². The van der Waals surface area contributed by atoms with Crippen molar-refractivity contribution in [3.05, 3.63) is 47.5 Å². The number of carbonyl (C=O) groups excluding carboxylic acids is 1. The SMILES string of the molecule is COc1ccc(CC(=O)N[C@H](C)c2ccc(OC)c(OC)c2)cc1OC. The standard InChI is InChI=1S/C20H25NO5/c1-13(15-7-9-17(24-3)19(12-15)26-5)21-20(22)11-14-6-8-16(23-2)18(10-14)25-4/h6-10,12-13H,11H2,1-5H3,(H,21,22)/t13-/m1/s1. The lowest BCUT2D eigenvalue weighted by Gasteiger charge is -2.17. The predicted octanol–water partition coefficient (Wildman–Crippen LogP) is 3.14. The van der Waals surface area contributed by atoms with E-state index >= 15 is 0 Å². The minimum absolute atomic E-state index is 0.0838. The Morgan fingerprint density at radius 2 is 1.38 bits per heavy atom. The van der Waals surface area contributed by atoms with Crippen molar-refractivity contribution < 1.29 is 23.7 Å². The molecule has 0 heterocycles. The predicted molar refractivity (Wildman–Crippen MR) is 99.4 cm³/mol. The second kappa shape index (κ2) is 8.99. The fourth-order valence-electron chi connectivity index (χ4n) is 2.67. The summed E-state index contributed by atoms with van der Waals surface area (Å²) < 4.78 is 21.0. The van der Waals surface area contributed by atoms with E-state index < -0.39 is 0 Å². The molecule has 0 aliphatic carbocycles. The molecule has 1 N–H and O–H groups in total. The normalized spacial score (nSPS) is 11.4. The van der Waals surface area contributed by atoms with E-state index in [1.807, 2.05) is 31.2 Å². The first-order valence-electron chi connectivity index (χ1n) is 8.24. The summed E-state index contributed by atoms with van der Waals surface area (Å²) >= 11 is 0. The third kappa shape index (κ3) is 4.59. The fourth-order valence-corrected chi connectivity index (χ4v) is 2.67. The van der Waals surface area contributed by atoms with E-state index in [1.165, 1.54) is 0 Å². The molecule has 0 unspecified atom stereocenters. The smallest absolute Gasteiger partial charge is 0.224 e. The van der Waals surface area contributed by atoms with Crippen LogP contribution in [0, 0.1) is 0 Å². The topological polar surface area (TPSA) is 66.0 Å². The van der Waals surface area contributed by atoms with Crippen LogP contribution in [-0.4, -0.2) is 34.3 Å². The van der Waals surface area contributed by atoms with Gasteiger partial charge in [0.25, 0.3) is 0 Å². The molecule has 0 aliphatic rings. The average molecular weight is 359 g/mol. The molecule has 2 aromatic carbocycles. The number of nitrogens with one attached hydrogen (secondary N) is 1. The largest absolute Gasteiger partial charge is 0.493 e. The maximum Gasteiger partial charge on any atom is 0.224 e. The monoisotopic (exact) mass is 359 g/mol. The van der Waals surface area contributed by atoms with Crippen molar-refractivity contribution in [3.8, 4) is 23.0 Å². The number of ether oxygens (including phenoxy) is 4. The molecule has 26 heavy (non-hydrogen) atoms. The van der Waals surface area contributed by atoms with Gasteiger partial charge in [0.2, 0.25) is 5.91 Å². The Morgan fingerprint density at radius 1 is 0.846 bits per heavy atom. The van der Waals surface area contributed by atoms with Crippen LogP contribution >= 0.6 is 0 Å². The second-order valence-corrected chi connectivity index (χ2v) is 5.77. The summed E-state index contributed by atoms with van der Waals surface area (Å²) in [6, 6.07) is 10.9. The quantitative estimate of drug-likeness (QED) is 0.784. The Labute approximate surface area is 154 Å². The van der Waals surface area contributed by atoms with E-state index in [1.54, 1.807) is 40.6 Å². The molecule has 0 spiro atoms. The van der Waals surface area contributed by atoms with Gasteiger partial charge >= 0.3 is 0 Å². The lowest BCUT2D eigenvalue weighted by Crippen LogP contribution is -2.28. The van der Waals surface area contributed by atoms with Crippen LogP contribution < -0.4 is 24.3 Å². The maximum absolute atomic E-state index is 12.4. The van der Waals surface area contributed by atoms with Gasteiger partial charge in [0.15, 0.2) is 23.0 Å². The van der Waals surface area contributed by atoms with Gasteiger partial charge in [0.1, 0.15) is 0 Å². The van der Waals surface area contributed by atoms with E-state index in [0.717, 1.165) is 11.1 Å². The Morgan fingerprint density at radius 3 is 1.96 bits per heavy atom. The van der Waals surface area contributed by atoms with E-state index in [2.05, 4.69) is 5.32 Å². The van der Waals surface area contributed by atoms with Crippen molar-refractivity contribution >= 4 is 5.91 Å². The zero-order valence-corrected chi connectivity index (χ0v) is 15.8. The van der Waals surface area contributed by atoms with Crippen LogP contribution in [0.2, 0.25) is 0 Å². The first-order valence-corrected chi connectivity index (χ1v) is 8.24. The van der Waals surface area contributed by atoms with Crippen LogP contribution in [-0.2, 0) is 11.2 Å². The summed E-state index contributed by atoms with van der Waals surface area (Å²) in [6.07, 6.45) is 0.248. The molecule has 6 nitrogen and oxygen atoms in total. The van der Waals surface area contributed by atoms with Gasteiger partial charge in [-0.1, -0.05) is 12.1 Å². The van der Waals surface area contributed by atoms with Gasteiger partial charge in [-0.3, -0.25) is 4.79 Å². The molecule has 2 rings (SSSR count). The molecule has 1 atom stereocenters. The van der Waals surface area contributed by atoms with Gasteiger partial charge in [-0.2, -0.15) is 0 Å². The zero-order valence-electron chi connectivity index (χ0n) is 15.8. The highest BCUT2D eigenvalue weighted by atomic mass is 16.5. The fraction of sp³-hybridized carbons (Fsp3) is 0.350. The Bertz CT molecular complexity index is 760. The molecule has 0 bridgehead atoms.